The number of likely N-dealkylation sites (tertiary alicyclic amines) is 1. The number of nitrogens with two attached hydrogens (primary N) is 1. The topological polar surface area (TPSA) is 89.5 Å². The van der Waals surface area contributed by atoms with Gasteiger partial charge >= 0.3 is 0 Å². The number of hydrogen-bond acceptors (Lipinski definition) is 4. The van der Waals surface area contributed by atoms with Crippen molar-refractivity contribution in [2.45, 2.75) is 38.3 Å². The Balaban J connectivity index is 2.21. The minimum Gasteiger partial charge on any atom is -0.368 e. The zero-order valence-electron chi connectivity index (χ0n) is 11.5. The molecule has 1 saturated heterocycles. The predicted molar refractivity (Wildman–Crippen MR) is 75.0 cm³/mol. The molecule has 1 heterocycles. The maximum absolute atomic E-state index is 11.7. The van der Waals surface area contributed by atoms with Gasteiger partial charge in [0.05, 0.1) is 10.5 Å². The smallest absolute Gasteiger partial charge is 0.269 e. The Bertz CT molecular complexity index is 532. The highest BCUT2D eigenvalue weighted by atomic mass is 16.6. The zero-order chi connectivity index (χ0) is 14.8. The molecule has 2 rings (SSSR count). The highest BCUT2D eigenvalue weighted by Crippen LogP contribution is 2.29. The van der Waals surface area contributed by atoms with Crippen molar-refractivity contribution in [3.05, 3.63) is 39.9 Å². The quantitative estimate of drug-likeness (QED) is 0.671. The molecule has 0 aromatic heterocycles. The second kappa shape index (κ2) is 5.58. The molecule has 6 heteroatoms. The maximum atomic E-state index is 11.7. The van der Waals surface area contributed by atoms with Crippen LogP contribution in [0.15, 0.2) is 24.3 Å². The Morgan fingerprint density at radius 3 is 2.90 bits per heavy atom. The lowest BCUT2D eigenvalue weighted by Crippen LogP contribution is -2.57. The number of carbonyl (C=O) groups excluding carboxylic acids is 1. The van der Waals surface area contributed by atoms with Gasteiger partial charge < -0.3 is 5.73 Å². The van der Waals surface area contributed by atoms with Crippen molar-refractivity contribution in [3.8, 4) is 0 Å². The van der Waals surface area contributed by atoms with E-state index < -0.39 is 10.5 Å². The number of non-ortho nitro benzene ring substituents is 1. The summed E-state index contributed by atoms with van der Waals surface area (Å²) in [7, 11) is 0. The molecule has 1 aromatic carbocycles. The average Bonchev–Trinajstić information content (AvgIpc) is 2.41. The van der Waals surface area contributed by atoms with Crippen LogP contribution >= 0.6 is 0 Å². The van der Waals surface area contributed by atoms with Gasteiger partial charge in [0.1, 0.15) is 0 Å². The SMILES string of the molecule is CC1(C(N)=O)CCCCN1Cc1cccc([N+](=O)[O-])c1. The van der Waals surface area contributed by atoms with Crippen LogP contribution in [0.25, 0.3) is 0 Å². The molecule has 1 aliphatic rings. The van der Waals surface area contributed by atoms with Crippen molar-refractivity contribution >= 4 is 11.6 Å². The summed E-state index contributed by atoms with van der Waals surface area (Å²) < 4.78 is 0. The fourth-order valence-electron chi connectivity index (χ4n) is 2.70. The average molecular weight is 277 g/mol. The van der Waals surface area contributed by atoms with E-state index in [-0.39, 0.29) is 11.6 Å². The molecular formula is C14H19N3O3. The van der Waals surface area contributed by atoms with E-state index in [1.165, 1.54) is 6.07 Å². The Labute approximate surface area is 117 Å². The van der Waals surface area contributed by atoms with Crippen LogP contribution in [0.3, 0.4) is 0 Å². The summed E-state index contributed by atoms with van der Waals surface area (Å²) in [5, 5.41) is 10.8. The van der Waals surface area contributed by atoms with Crippen LogP contribution in [0, 0.1) is 10.1 Å². The third kappa shape index (κ3) is 2.80. The van der Waals surface area contributed by atoms with E-state index in [9.17, 15) is 14.9 Å². The lowest BCUT2D eigenvalue weighted by Gasteiger charge is -2.42. The standard InChI is InChI=1S/C14H19N3O3/c1-14(13(15)18)7-2-3-8-16(14)10-11-5-4-6-12(9-11)17(19)20/h4-6,9H,2-3,7-8,10H2,1H3,(H2,15,18). The fraction of sp³-hybridized carbons (Fsp3) is 0.500. The Kier molecular flexibility index (Phi) is 4.04. The molecule has 1 unspecified atom stereocenters. The molecule has 108 valence electrons. The predicted octanol–water partition coefficient (Wildman–Crippen LogP) is 1.82. The third-order valence-corrected chi connectivity index (χ3v) is 4.07. The highest BCUT2D eigenvalue weighted by Gasteiger charge is 2.39. The lowest BCUT2D eigenvalue weighted by molar-refractivity contribution is -0.384. The minimum absolute atomic E-state index is 0.0697. The van der Waals surface area contributed by atoms with Gasteiger partial charge in [0, 0.05) is 18.7 Å². The number of carbonyl (C=O) groups is 1. The van der Waals surface area contributed by atoms with Gasteiger partial charge in [-0.05, 0) is 38.3 Å². The molecule has 6 nitrogen and oxygen atoms in total. The zero-order valence-corrected chi connectivity index (χ0v) is 11.5. The summed E-state index contributed by atoms with van der Waals surface area (Å²) in [4.78, 5) is 24.1. The van der Waals surface area contributed by atoms with Crippen LogP contribution in [-0.4, -0.2) is 27.8 Å². The van der Waals surface area contributed by atoms with Gasteiger partial charge in [-0.15, -0.1) is 0 Å². The van der Waals surface area contributed by atoms with Crippen molar-refractivity contribution in [2.75, 3.05) is 6.54 Å². The molecule has 2 N–H and O–H groups in total. The van der Waals surface area contributed by atoms with Crippen LogP contribution in [0.4, 0.5) is 5.69 Å². The Morgan fingerprint density at radius 1 is 1.50 bits per heavy atom. The van der Waals surface area contributed by atoms with Crippen LogP contribution < -0.4 is 5.73 Å². The van der Waals surface area contributed by atoms with Crippen molar-refractivity contribution in [1.82, 2.24) is 4.90 Å². The number of amides is 1. The Morgan fingerprint density at radius 2 is 2.25 bits per heavy atom. The molecule has 1 fully saturated rings. The molecule has 0 bridgehead atoms. The number of nitro groups is 1. The first-order valence-corrected chi connectivity index (χ1v) is 6.72. The van der Waals surface area contributed by atoms with Gasteiger partial charge in [0.25, 0.3) is 5.69 Å². The summed E-state index contributed by atoms with van der Waals surface area (Å²) in [6.07, 6.45) is 2.72. The van der Waals surface area contributed by atoms with E-state index >= 15 is 0 Å². The van der Waals surface area contributed by atoms with Gasteiger partial charge in [-0.1, -0.05) is 12.1 Å². The molecule has 1 aromatic rings. The summed E-state index contributed by atoms with van der Waals surface area (Å²) in [6.45, 7) is 3.13. The van der Waals surface area contributed by atoms with Crippen LogP contribution in [0.5, 0.6) is 0 Å². The molecule has 0 saturated carbocycles. The second-order valence-electron chi connectivity index (χ2n) is 5.44. The fourth-order valence-corrected chi connectivity index (χ4v) is 2.70. The molecule has 1 aliphatic heterocycles. The minimum atomic E-state index is -0.664. The van der Waals surface area contributed by atoms with E-state index in [1.807, 2.05) is 17.9 Å². The van der Waals surface area contributed by atoms with E-state index in [4.69, 9.17) is 5.73 Å². The van der Waals surface area contributed by atoms with Gasteiger partial charge in [0.2, 0.25) is 5.91 Å². The van der Waals surface area contributed by atoms with Gasteiger partial charge in [-0.3, -0.25) is 19.8 Å². The summed E-state index contributed by atoms with van der Waals surface area (Å²) in [5.74, 6) is -0.331. The van der Waals surface area contributed by atoms with Crippen molar-refractivity contribution < 1.29 is 9.72 Å². The van der Waals surface area contributed by atoms with Crippen LogP contribution in [0.2, 0.25) is 0 Å². The number of benzene rings is 1. The molecule has 0 aliphatic carbocycles. The monoisotopic (exact) mass is 277 g/mol. The van der Waals surface area contributed by atoms with Gasteiger partial charge in [0.15, 0.2) is 0 Å². The van der Waals surface area contributed by atoms with Crippen LogP contribution in [0.1, 0.15) is 31.7 Å². The Hall–Kier alpha value is -1.95. The molecule has 1 amide bonds. The first kappa shape index (κ1) is 14.5. The first-order chi connectivity index (χ1) is 9.43. The number of hydrogen-bond donors (Lipinski definition) is 1. The third-order valence-electron chi connectivity index (χ3n) is 4.07. The van der Waals surface area contributed by atoms with E-state index in [1.54, 1.807) is 12.1 Å². The first-order valence-electron chi connectivity index (χ1n) is 6.72. The number of rotatable bonds is 4. The normalized spacial score (nSPS) is 23.4. The summed E-state index contributed by atoms with van der Waals surface area (Å²) >= 11 is 0. The number of piperidine rings is 1. The molecule has 0 spiro atoms. The van der Waals surface area contributed by atoms with Gasteiger partial charge in [-0.2, -0.15) is 0 Å². The van der Waals surface area contributed by atoms with Crippen molar-refractivity contribution in [1.29, 1.82) is 0 Å². The molecule has 20 heavy (non-hydrogen) atoms. The maximum Gasteiger partial charge on any atom is 0.269 e. The van der Waals surface area contributed by atoms with Crippen molar-refractivity contribution in [2.24, 2.45) is 5.73 Å². The lowest BCUT2D eigenvalue weighted by atomic mass is 9.87. The number of primary amides is 1. The number of nitrogens with zero attached hydrogens (tertiary/aromatic N) is 2. The van der Waals surface area contributed by atoms with E-state index in [0.717, 1.165) is 31.4 Å². The van der Waals surface area contributed by atoms with Crippen molar-refractivity contribution in [3.63, 3.8) is 0 Å². The molecular weight excluding hydrogens is 258 g/mol. The molecule has 1 atom stereocenters. The van der Waals surface area contributed by atoms with Gasteiger partial charge in [-0.25, -0.2) is 0 Å². The molecule has 0 radical (unpaired) electrons. The number of nitro benzene ring substituents is 1. The largest absolute Gasteiger partial charge is 0.368 e. The summed E-state index contributed by atoms with van der Waals surface area (Å²) in [6, 6.07) is 6.52. The van der Waals surface area contributed by atoms with E-state index in [2.05, 4.69) is 0 Å². The summed E-state index contributed by atoms with van der Waals surface area (Å²) in [5.41, 5.74) is 5.77. The van der Waals surface area contributed by atoms with E-state index in [0.29, 0.717) is 6.54 Å². The highest BCUT2D eigenvalue weighted by molar-refractivity contribution is 5.84. The second-order valence-corrected chi connectivity index (χ2v) is 5.44. The van der Waals surface area contributed by atoms with Crippen LogP contribution in [-0.2, 0) is 11.3 Å².